The van der Waals surface area contributed by atoms with Crippen molar-refractivity contribution in [3.05, 3.63) is 70.7 Å². The van der Waals surface area contributed by atoms with Crippen LogP contribution in [-0.4, -0.2) is 47.5 Å². The first-order valence-electron chi connectivity index (χ1n) is 10.5. The summed E-state index contributed by atoms with van der Waals surface area (Å²) < 4.78 is 16.3. The molecule has 4 rings (SSSR count). The number of nitrogens with zero attached hydrogens (tertiary/aromatic N) is 3. The molecule has 0 fully saturated rings. The molecule has 0 amide bonds. The molecule has 0 spiro atoms. The highest BCUT2D eigenvalue weighted by molar-refractivity contribution is 7.80. The second-order valence-corrected chi connectivity index (χ2v) is 8.41. The second kappa shape index (κ2) is 10.3. The molecule has 0 saturated heterocycles. The molecule has 1 unspecified atom stereocenters. The fourth-order valence-corrected chi connectivity index (χ4v) is 4.28. The summed E-state index contributed by atoms with van der Waals surface area (Å²) in [7, 11) is 3.32. The Bertz CT molecular complexity index is 1160. The first kappa shape index (κ1) is 23.2. The lowest BCUT2D eigenvalue weighted by Crippen LogP contribution is -2.46. The van der Waals surface area contributed by atoms with E-state index in [2.05, 4.69) is 10.5 Å². The monoisotopic (exact) mass is 484 g/mol. The van der Waals surface area contributed by atoms with Gasteiger partial charge < -0.3 is 24.2 Å². The summed E-state index contributed by atoms with van der Waals surface area (Å²) in [4.78, 5) is 6.77. The summed E-state index contributed by atoms with van der Waals surface area (Å²) in [5, 5.41) is 8.98. The molecule has 0 radical (unpaired) electrons. The third-order valence-corrected chi connectivity index (χ3v) is 6.10. The Morgan fingerprint density at radius 3 is 2.70 bits per heavy atom. The standard InChI is InChI=1S/C24H25ClN4O3S/c1-15-20(23-27-22(28-32-23)17-6-4-7-19(14-17)31-3)21(16-8-10-18(25)11-9-16)26-24(33)29(15)12-5-13-30-2/h4,6-11,14,21H,5,12-13H2,1-3H3,(H,26,33). The zero-order valence-corrected chi connectivity index (χ0v) is 20.2. The minimum absolute atomic E-state index is 0.257. The molecule has 1 aliphatic rings. The summed E-state index contributed by atoms with van der Waals surface area (Å²) in [6.07, 6.45) is 0.827. The summed E-state index contributed by atoms with van der Waals surface area (Å²) >= 11 is 11.8. The van der Waals surface area contributed by atoms with Crippen molar-refractivity contribution in [2.75, 3.05) is 27.4 Å². The van der Waals surface area contributed by atoms with Gasteiger partial charge >= 0.3 is 0 Å². The van der Waals surface area contributed by atoms with E-state index in [9.17, 15) is 0 Å². The third-order valence-electron chi connectivity index (χ3n) is 5.51. The lowest BCUT2D eigenvalue weighted by atomic mass is 9.95. The van der Waals surface area contributed by atoms with Gasteiger partial charge in [0.1, 0.15) is 5.75 Å². The minimum Gasteiger partial charge on any atom is -0.497 e. The molecule has 9 heteroatoms. The topological polar surface area (TPSA) is 72.7 Å². The Labute approximate surface area is 203 Å². The number of hydrogen-bond acceptors (Lipinski definition) is 6. The van der Waals surface area contributed by atoms with Crippen LogP contribution in [0.15, 0.2) is 58.8 Å². The van der Waals surface area contributed by atoms with E-state index in [1.165, 1.54) is 0 Å². The Morgan fingerprint density at radius 2 is 1.97 bits per heavy atom. The SMILES string of the molecule is COCCCN1C(=S)NC(c2ccc(Cl)cc2)C(c2nc(-c3cccc(OC)c3)no2)=C1C. The average molecular weight is 485 g/mol. The molecule has 172 valence electrons. The minimum atomic E-state index is -0.257. The predicted molar refractivity (Wildman–Crippen MR) is 132 cm³/mol. The van der Waals surface area contributed by atoms with E-state index in [-0.39, 0.29) is 6.04 Å². The molecule has 33 heavy (non-hydrogen) atoms. The molecular formula is C24H25ClN4O3S. The van der Waals surface area contributed by atoms with Crippen molar-refractivity contribution in [1.82, 2.24) is 20.4 Å². The zero-order valence-electron chi connectivity index (χ0n) is 18.7. The van der Waals surface area contributed by atoms with Crippen molar-refractivity contribution in [2.45, 2.75) is 19.4 Å². The molecule has 1 N–H and O–H groups in total. The van der Waals surface area contributed by atoms with Crippen LogP contribution in [0.3, 0.4) is 0 Å². The lowest BCUT2D eigenvalue weighted by Gasteiger charge is -2.37. The molecule has 7 nitrogen and oxygen atoms in total. The number of allylic oxidation sites excluding steroid dienone is 1. The van der Waals surface area contributed by atoms with Crippen LogP contribution in [0.5, 0.6) is 5.75 Å². The molecule has 1 aromatic heterocycles. The van der Waals surface area contributed by atoms with Crippen molar-refractivity contribution in [3.63, 3.8) is 0 Å². The van der Waals surface area contributed by atoms with E-state index in [1.54, 1.807) is 14.2 Å². The number of methoxy groups -OCH3 is 2. The highest BCUT2D eigenvalue weighted by atomic mass is 35.5. The summed E-state index contributed by atoms with van der Waals surface area (Å²) in [5.74, 6) is 1.64. The van der Waals surface area contributed by atoms with E-state index < -0.39 is 0 Å². The molecule has 0 aliphatic carbocycles. The molecule has 0 saturated carbocycles. The van der Waals surface area contributed by atoms with E-state index in [0.717, 1.165) is 34.6 Å². The van der Waals surface area contributed by atoms with Crippen LogP contribution in [0.4, 0.5) is 0 Å². The number of aromatic nitrogens is 2. The van der Waals surface area contributed by atoms with Gasteiger partial charge in [0.25, 0.3) is 5.89 Å². The van der Waals surface area contributed by atoms with Crippen LogP contribution in [0, 0.1) is 0 Å². The van der Waals surface area contributed by atoms with E-state index in [0.29, 0.717) is 35.0 Å². The van der Waals surface area contributed by atoms with Crippen molar-refractivity contribution >= 4 is 34.5 Å². The largest absolute Gasteiger partial charge is 0.497 e. The van der Waals surface area contributed by atoms with Crippen molar-refractivity contribution < 1.29 is 14.0 Å². The normalized spacial score (nSPS) is 16.2. The molecular weight excluding hydrogens is 460 g/mol. The maximum atomic E-state index is 6.12. The van der Waals surface area contributed by atoms with E-state index in [4.69, 9.17) is 42.8 Å². The zero-order chi connectivity index (χ0) is 23.4. The fourth-order valence-electron chi connectivity index (χ4n) is 3.81. The van der Waals surface area contributed by atoms with E-state index >= 15 is 0 Å². The van der Waals surface area contributed by atoms with Gasteiger partial charge in [0.2, 0.25) is 5.82 Å². The van der Waals surface area contributed by atoms with Gasteiger partial charge in [-0.05, 0) is 55.4 Å². The average Bonchev–Trinajstić information content (AvgIpc) is 3.31. The molecule has 0 bridgehead atoms. The molecule has 2 aromatic carbocycles. The molecule has 1 atom stereocenters. The number of nitrogens with one attached hydrogen (secondary N) is 1. The van der Waals surface area contributed by atoms with Gasteiger partial charge in [-0.15, -0.1) is 0 Å². The summed E-state index contributed by atoms with van der Waals surface area (Å²) in [5.41, 5.74) is 3.62. The van der Waals surface area contributed by atoms with Gasteiger partial charge in [-0.3, -0.25) is 0 Å². The quantitative estimate of drug-likeness (QED) is 0.350. The van der Waals surface area contributed by atoms with Crippen molar-refractivity contribution in [2.24, 2.45) is 0 Å². The number of ether oxygens (including phenoxy) is 2. The van der Waals surface area contributed by atoms with Gasteiger partial charge in [-0.1, -0.05) is 41.0 Å². The van der Waals surface area contributed by atoms with Gasteiger partial charge in [0, 0.05) is 36.5 Å². The Hall–Kier alpha value is -2.94. The smallest absolute Gasteiger partial charge is 0.258 e. The van der Waals surface area contributed by atoms with Crippen LogP contribution in [0.1, 0.15) is 30.8 Å². The Kier molecular flexibility index (Phi) is 7.27. The molecule has 1 aliphatic heterocycles. The highest BCUT2D eigenvalue weighted by Gasteiger charge is 2.33. The van der Waals surface area contributed by atoms with Crippen LogP contribution in [0.2, 0.25) is 5.02 Å². The van der Waals surface area contributed by atoms with Gasteiger partial charge in [-0.2, -0.15) is 4.98 Å². The Balaban J connectivity index is 1.76. The maximum Gasteiger partial charge on any atom is 0.258 e. The summed E-state index contributed by atoms with van der Waals surface area (Å²) in [6.45, 7) is 3.37. The van der Waals surface area contributed by atoms with Crippen LogP contribution >= 0.6 is 23.8 Å². The number of rotatable bonds is 8. The predicted octanol–water partition coefficient (Wildman–Crippen LogP) is 5.10. The van der Waals surface area contributed by atoms with E-state index in [1.807, 2.05) is 60.4 Å². The maximum absolute atomic E-state index is 6.12. The number of benzene rings is 2. The fraction of sp³-hybridized carbons (Fsp3) is 0.292. The van der Waals surface area contributed by atoms with Gasteiger partial charge in [0.05, 0.1) is 18.7 Å². The second-order valence-electron chi connectivity index (χ2n) is 7.59. The first-order valence-corrected chi connectivity index (χ1v) is 11.3. The first-order chi connectivity index (χ1) is 16.0. The van der Waals surface area contributed by atoms with Crippen LogP contribution < -0.4 is 10.1 Å². The third kappa shape index (κ3) is 5.03. The number of hydrogen-bond donors (Lipinski definition) is 1. The number of halogens is 1. The van der Waals surface area contributed by atoms with Gasteiger partial charge in [-0.25, -0.2) is 0 Å². The Morgan fingerprint density at radius 1 is 1.18 bits per heavy atom. The summed E-state index contributed by atoms with van der Waals surface area (Å²) in [6, 6.07) is 14.9. The highest BCUT2D eigenvalue weighted by Crippen LogP contribution is 2.38. The van der Waals surface area contributed by atoms with Crippen molar-refractivity contribution in [1.29, 1.82) is 0 Å². The lowest BCUT2D eigenvalue weighted by molar-refractivity contribution is 0.188. The van der Waals surface area contributed by atoms with Crippen molar-refractivity contribution in [3.8, 4) is 17.1 Å². The molecule has 2 heterocycles. The number of thiocarbonyl (C=S) groups is 1. The van der Waals surface area contributed by atoms with Crippen LogP contribution in [-0.2, 0) is 4.74 Å². The van der Waals surface area contributed by atoms with Gasteiger partial charge in [0.15, 0.2) is 5.11 Å². The van der Waals surface area contributed by atoms with Crippen LogP contribution in [0.25, 0.3) is 17.0 Å². The molecule has 3 aromatic rings.